The Morgan fingerprint density at radius 3 is 2.70 bits per heavy atom. The van der Waals surface area contributed by atoms with Crippen LogP contribution in [0.1, 0.15) is 63.2 Å². The van der Waals surface area contributed by atoms with E-state index in [0.717, 1.165) is 67.9 Å². The molecule has 0 saturated carbocycles. The molecule has 2 aromatic rings. The van der Waals surface area contributed by atoms with Gasteiger partial charge >= 0.3 is 0 Å². The van der Waals surface area contributed by atoms with Crippen LogP contribution in [-0.4, -0.2) is 47.0 Å². The highest BCUT2D eigenvalue weighted by atomic mass is 32.1. The molecular formula is C23H35N4O2S+. The summed E-state index contributed by atoms with van der Waals surface area (Å²) in [5.41, 5.74) is 1.56. The van der Waals surface area contributed by atoms with E-state index in [2.05, 4.69) is 25.8 Å². The second-order valence-corrected chi connectivity index (χ2v) is 11.1. The first-order chi connectivity index (χ1) is 14.3. The van der Waals surface area contributed by atoms with Crippen LogP contribution in [0.4, 0.5) is 0 Å². The number of thiophene rings is 1. The van der Waals surface area contributed by atoms with Crippen molar-refractivity contribution in [2.24, 2.45) is 11.3 Å². The first-order valence-electron chi connectivity index (χ1n) is 11.4. The molecule has 2 N–H and O–H groups in total. The molecule has 1 saturated heterocycles. The van der Waals surface area contributed by atoms with Crippen molar-refractivity contribution in [3.63, 3.8) is 0 Å². The molecule has 4 rings (SSSR count). The van der Waals surface area contributed by atoms with Gasteiger partial charge in [0.2, 0.25) is 5.91 Å². The van der Waals surface area contributed by atoms with E-state index in [1.54, 1.807) is 11.3 Å². The Morgan fingerprint density at radius 1 is 1.30 bits per heavy atom. The predicted molar refractivity (Wildman–Crippen MR) is 121 cm³/mol. The summed E-state index contributed by atoms with van der Waals surface area (Å²) in [5, 5.41) is 0.830. The molecule has 0 radical (unpaired) electrons. The van der Waals surface area contributed by atoms with Crippen molar-refractivity contribution in [2.75, 3.05) is 26.2 Å². The SMILES string of the molecule is CCCC(=O)N1CC[NH+](Cc2nc3sc4c(c3c(=O)[nH]2)CC[C@@H](C(C)(C)C)C4)CC1. The maximum absolute atomic E-state index is 12.9. The van der Waals surface area contributed by atoms with Crippen LogP contribution in [0.2, 0.25) is 0 Å². The molecule has 3 heterocycles. The summed E-state index contributed by atoms with van der Waals surface area (Å²) in [5.74, 6) is 1.71. The number of fused-ring (bicyclic) bond motifs is 3. The Kier molecular flexibility index (Phi) is 6.04. The van der Waals surface area contributed by atoms with Crippen LogP contribution in [0, 0.1) is 11.3 Å². The summed E-state index contributed by atoms with van der Waals surface area (Å²) in [7, 11) is 0. The standard InChI is InChI=1S/C23H34N4O2S/c1-5-6-19(28)27-11-9-26(10-12-27)14-18-24-21(29)20-16-8-7-15(23(2,3)4)13-17(16)30-22(20)25-18/h15H,5-14H2,1-4H3,(H,24,25,29)/p+1/t15-/m1/s1. The minimum Gasteiger partial charge on any atom is -0.331 e. The van der Waals surface area contributed by atoms with Gasteiger partial charge in [-0.3, -0.25) is 9.59 Å². The van der Waals surface area contributed by atoms with Gasteiger partial charge in [0.1, 0.15) is 11.4 Å². The number of hydrogen-bond acceptors (Lipinski definition) is 4. The van der Waals surface area contributed by atoms with Crippen LogP contribution in [0.3, 0.4) is 0 Å². The monoisotopic (exact) mass is 431 g/mol. The molecule has 2 aromatic heterocycles. The van der Waals surface area contributed by atoms with Crippen molar-refractivity contribution in [1.82, 2.24) is 14.9 Å². The fourth-order valence-electron chi connectivity index (χ4n) is 4.91. The number of nitrogens with zero attached hydrogens (tertiary/aromatic N) is 2. The number of aryl methyl sites for hydroxylation is 1. The number of H-pyrrole nitrogens is 1. The molecule has 0 aromatic carbocycles. The summed E-state index contributed by atoms with van der Waals surface area (Å²) in [6.45, 7) is 13.1. The third kappa shape index (κ3) is 4.33. The zero-order valence-corrected chi connectivity index (χ0v) is 19.6. The number of carbonyl (C=O) groups excluding carboxylic acids is 1. The molecule has 1 atom stereocenters. The molecule has 164 valence electrons. The first kappa shape index (κ1) is 21.5. The number of rotatable bonds is 4. The number of nitrogens with one attached hydrogen (secondary N) is 2. The molecular weight excluding hydrogens is 396 g/mol. The molecule has 2 aliphatic rings. The topological polar surface area (TPSA) is 70.5 Å². The highest BCUT2D eigenvalue weighted by Gasteiger charge is 2.32. The third-order valence-electron chi connectivity index (χ3n) is 6.90. The lowest BCUT2D eigenvalue weighted by molar-refractivity contribution is -0.918. The van der Waals surface area contributed by atoms with Crippen LogP contribution in [0.5, 0.6) is 0 Å². The van der Waals surface area contributed by atoms with Gasteiger partial charge in [0.25, 0.3) is 5.56 Å². The number of quaternary nitrogens is 1. The van der Waals surface area contributed by atoms with Crippen molar-refractivity contribution >= 4 is 27.5 Å². The highest BCUT2D eigenvalue weighted by Crippen LogP contribution is 2.41. The van der Waals surface area contributed by atoms with Crippen LogP contribution >= 0.6 is 11.3 Å². The van der Waals surface area contributed by atoms with E-state index in [0.29, 0.717) is 24.3 Å². The lowest BCUT2D eigenvalue weighted by Gasteiger charge is -2.33. The lowest BCUT2D eigenvalue weighted by atomic mass is 9.72. The summed E-state index contributed by atoms with van der Waals surface area (Å²) >= 11 is 1.73. The molecule has 0 bridgehead atoms. The lowest BCUT2D eigenvalue weighted by Crippen LogP contribution is -3.13. The quantitative estimate of drug-likeness (QED) is 0.779. The van der Waals surface area contributed by atoms with Crippen LogP contribution in [0.25, 0.3) is 10.2 Å². The minimum atomic E-state index is 0.0258. The molecule has 30 heavy (non-hydrogen) atoms. The number of aromatic amines is 1. The van der Waals surface area contributed by atoms with E-state index in [1.165, 1.54) is 15.3 Å². The molecule has 1 aliphatic carbocycles. The van der Waals surface area contributed by atoms with Gasteiger partial charge in [-0.05, 0) is 42.6 Å². The van der Waals surface area contributed by atoms with Crippen LogP contribution in [-0.2, 0) is 24.2 Å². The summed E-state index contributed by atoms with van der Waals surface area (Å²) in [6, 6.07) is 0. The second kappa shape index (κ2) is 8.42. The predicted octanol–water partition coefficient (Wildman–Crippen LogP) is 2.16. The van der Waals surface area contributed by atoms with Gasteiger partial charge in [0.05, 0.1) is 31.6 Å². The van der Waals surface area contributed by atoms with Gasteiger partial charge in [-0.2, -0.15) is 0 Å². The second-order valence-electron chi connectivity index (χ2n) is 10.1. The van der Waals surface area contributed by atoms with E-state index >= 15 is 0 Å². The largest absolute Gasteiger partial charge is 0.331 e. The van der Waals surface area contributed by atoms with Crippen molar-refractivity contribution < 1.29 is 9.69 Å². The highest BCUT2D eigenvalue weighted by molar-refractivity contribution is 7.18. The van der Waals surface area contributed by atoms with Gasteiger partial charge < -0.3 is 14.8 Å². The molecule has 1 aliphatic heterocycles. The Hall–Kier alpha value is -1.73. The zero-order valence-electron chi connectivity index (χ0n) is 18.8. The Bertz CT molecular complexity index is 979. The number of piperazine rings is 1. The van der Waals surface area contributed by atoms with Crippen LogP contribution in [0.15, 0.2) is 4.79 Å². The van der Waals surface area contributed by atoms with Crippen LogP contribution < -0.4 is 10.5 Å². The molecule has 1 amide bonds. The van der Waals surface area contributed by atoms with Gasteiger partial charge in [-0.15, -0.1) is 11.3 Å². The number of aromatic nitrogens is 2. The van der Waals surface area contributed by atoms with Gasteiger partial charge in [0, 0.05) is 11.3 Å². The summed E-state index contributed by atoms with van der Waals surface area (Å²) in [4.78, 5) is 38.6. The van der Waals surface area contributed by atoms with E-state index in [4.69, 9.17) is 4.98 Å². The maximum Gasteiger partial charge on any atom is 0.260 e. The van der Waals surface area contributed by atoms with Gasteiger partial charge in [-0.25, -0.2) is 4.98 Å². The third-order valence-corrected chi connectivity index (χ3v) is 8.05. The van der Waals surface area contributed by atoms with E-state index < -0.39 is 0 Å². The fourth-order valence-corrected chi connectivity index (χ4v) is 6.23. The van der Waals surface area contributed by atoms with Crippen molar-refractivity contribution in [2.45, 2.75) is 66.3 Å². The van der Waals surface area contributed by atoms with E-state index in [-0.39, 0.29) is 11.5 Å². The van der Waals surface area contributed by atoms with Gasteiger partial charge in [0.15, 0.2) is 5.82 Å². The molecule has 6 nitrogen and oxygen atoms in total. The van der Waals surface area contributed by atoms with Crippen molar-refractivity contribution in [3.8, 4) is 0 Å². The zero-order chi connectivity index (χ0) is 21.5. The fraction of sp³-hybridized carbons (Fsp3) is 0.696. The Balaban J connectivity index is 1.48. The average Bonchev–Trinajstić information content (AvgIpc) is 3.06. The minimum absolute atomic E-state index is 0.0258. The molecule has 1 fully saturated rings. The average molecular weight is 432 g/mol. The Morgan fingerprint density at radius 2 is 2.03 bits per heavy atom. The summed E-state index contributed by atoms with van der Waals surface area (Å²) < 4.78 is 0. The smallest absolute Gasteiger partial charge is 0.260 e. The number of amides is 1. The van der Waals surface area contributed by atoms with E-state index in [9.17, 15) is 9.59 Å². The van der Waals surface area contributed by atoms with Gasteiger partial charge in [-0.1, -0.05) is 27.7 Å². The molecule has 0 unspecified atom stereocenters. The normalized spacial score (nSPS) is 20.5. The number of hydrogen-bond donors (Lipinski definition) is 2. The first-order valence-corrected chi connectivity index (χ1v) is 12.2. The van der Waals surface area contributed by atoms with Crippen molar-refractivity contribution in [1.29, 1.82) is 0 Å². The maximum atomic E-state index is 12.9. The van der Waals surface area contributed by atoms with Crippen molar-refractivity contribution in [3.05, 3.63) is 26.6 Å². The molecule has 7 heteroatoms. The van der Waals surface area contributed by atoms with E-state index in [1.807, 2.05) is 11.8 Å². The Labute approximate surface area is 182 Å². The summed E-state index contributed by atoms with van der Waals surface area (Å²) in [6.07, 6.45) is 4.74. The molecule has 0 spiro atoms. The number of carbonyl (C=O) groups is 1.